The highest BCUT2D eigenvalue weighted by Gasteiger charge is 2.30. The van der Waals surface area contributed by atoms with Gasteiger partial charge < -0.3 is 0 Å². The molecular formula is C8H6Br2S2. The summed E-state index contributed by atoms with van der Waals surface area (Å²) in [7, 11) is 0. The molecule has 0 radical (unpaired) electrons. The van der Waals surface area contributed by atoms with Gasteiger partial charge in [0, 0.05) is 4.88 Å². The molecule has 64 valence electrons. The molecule has 0 saturated heterocycles. The van der Waals surface area contributed by atoms with Gasteiger partial charge in [0.1, 0.15) is 2.57 Å². The molecule has 2 heterocycles. The van der Waals surface area contributed by atoms with E-state index in [0.717, 1.165) is 0 Å². The number of hydrogen-bond donors (Lipinski definition) is 0. The van der Waals surface area contributed by atoms with Gasteiger partial charge in [0.25, 0.3) is 0 Å². The normalized spacial score (nSPS) is 26.3. The summed E-state index contributed by atoms with van der Waals surface area (Å²) in [6.07, 6.45) is 4.36. The van der Waals surface area contributed by atoms with E-state index >= 15 is 0 Å². The van der Waals surface area contributed by atoms with E-state index in [-0.39, 0.29) is 2.57 Å². The van der Waals surface area contributed by atoms with Crippen LogP contribution >= 0.6 is 55.0 Å². The zero-order chi connectivity index (χ0) is 8.60. The van der Waals surface area contributed by atoms with Crippen LogP contribution in [0.2, 0.25) is 0 Å². The number of alkyl halides is 2. The first kappa shape index (κ1) is 9.31. The molecule has 2 rings (SSSR count). The van der Waals surface area contributed by atoms with Crippen molar-refractivity contribution in [3.63, 3.8) is 0 Å². The summed E-state index contributed by atoms with van der Waals surface area (Å²) in [5.41, 5.74) is 0. The van der Waals surface area contributed by atoms with Crippen molar-refractivity contribution in [2.75, 3.05) is 0 Å². The molecule has 4 heteroatoms. The maximum atomic E-state index is 3.57. The number of thiophene rings is 1. The van der Waals surface area contributed by atoms with Crippen molar-refractivity contribution in [1.29, 1.82) is 0 Å². The van der Waals surface area contributed by atoms with Crippen molar-refractivity contribution in [1.82, 2.24) is 0 Å². The molecule has 1 aromatic heterocycles. The first-order valence-corrected chi connectivity index (χ1v) is 6.80. The van der Waals surface area contributed by atoms with Crippen molar-refractivity contribution in [2.24, 2.45) is 0 Å². The summed E-state index contributed by atoms with van der Waals surface area (Å²) in [5, 5.41) is 2.62. The van der Waals surface area contributed by atoms with Crippen LogP contribution in [0, 0.1) is 0 Å². The minimum Gasteiger partial charge on any atom is -0.147 e. The van der Waals surface area contributed by atoms with Crippen LogP contribution in [-0.2, 0) is 0 Å². The zero-order valence-corrected chi connectivity index (χ0v) is 10.8. The number of rotatable bonds is 1. The molecule has 1 aliphatic rings. The molecular weight excluding hydrogens is 320 g/mol. The van der Waals surface area contributed by atoms with Gasteiger partial charge in [-0.2, -0.15) is 0 Å². The Morgan fingerprint density at radius 1 is 1.42 bits per heavy atom. The Morgan fingerprint density at radius 3 is 2.75 bits per heavy atom. The highest BCUT2D eigenvalue weighted by Crippen LogP contribution is 2.54. The van der Waals surface area contributed by atoms with Crippen LogP contribution in [0.5, 0.6) is 0 Å². The van der Waals surface area contributed by atoms with Crippen LogP contribution in [0.4, 0.5) is 0 Å². The van der Waals surface area contributed by atoms with Gasteiger partial charge in [-0.3, -0.25) is 0 Å². The van der Waals surface area contributed by atoms with E-state index in [9.17, 15) is 0 Å². The third-order valence-electron chi connectivity index (χ3n) is 1.57. The summed E-state index contributed by atoms with van der Waals surface area (Å²) in [4.78, 5) is 1.41. The van der Waals surface area contributed by atoms with E-state index in [1.165, 1.54) is 4.88 Å². The van der Waals surface area contributed by atoms with Crippen LogP contribution < -0.4 is 0 Å². The van der Waals surface area contributed by atoms with Crippen molar-refractivity contribution in [2.45, 2.75) is 7.82 Å². The monoisotopic (exact) mass is 324 g/mol. The Morgan fingerprint density at radius 2 is 2.25 bits per heavy atom. The van der Waals surface area contributed by atoms with Gasteiger partial charge in [-0.05, 0) is 17.5 Å². The Kier molecular flexibility index (Phi) is 2.70. The molecule has 0 bridgehead atoms. The van der Waals surface area contributed by atoms with E-state index in [2.05, 4.69) is 61.5 Å². The van der Waals surface area contributed by atoms with Crippen molar-refractivity contribution < 1.29 is 0 Å². The van der Waals surface area contributed by atoms with Gasteiger partial charge in [-0.25, -0.2) is 0 Å². The minimum atomic E-state index is -0.0470. The maximum absolute atomic E-state index is 3.57. The van der Waals surface area contributed by atoms with Gasteiger partial charge in [0.15, 0.2) is 0 Å². The zero-order valence-electron chi connectivity index (χ0n) is 6.04. The van der Waals surface area contributed by atoms with Gasteiger partial charge in [0.05, 0.1) is 5.25 Å². The third-order valence-corrected chi connectivity index (χ3v) is 5.44. The molecule has 0 aliphatic carbocycles. The Hall–Kier alpha value is 0.750. The lowest BCUT2D eigenvalue weighted by Crippen LogP contribution is -1.94. The maximum Gasteiger partial charge on any atom is 0.144 e. The first-order chi connectivity index (χ1) is 5.67. The van der Waals surface area contributed by atoms with E-state index in [4.69, 9.17) is 0 Å². The molecule has 1 aromatic rings. The molecule has 0 N–H and O–H groups in total. The molecule has 0 aromatic carbocycles. The lowest BCUT2D eigenvalue weighted by molar-refractivity contribution is 1.32. The summed E-state index contributed by atoms with van der Waals surface area (Å²) in [5.74, 6) is 0. The van der Waals surface area contributed by atoms with E-state index in [0.29, 0.717) is 5.25 Å². The summed E-state index contributed by atoms with van der Waals surface area (Å²) >= 11 is 10.8. The molecule has 12 heavy (non-hydrogen) atoms. The first-order valence-electron chi connectivity index (χ1n) is 3.46. The van der Waals surface area contributed by atoms with Crippen LogP contribution in [0.15, 0.2) is 29.7 Å². The quantitative estimate of drug-likeness (QED) is 0.539. The average Bonchev–Trinajstić information content (AvgIpc) is 2.55. The standard InChI is InChI=1S/C8H6Br2S2/c9-8(10)4-3-7(12-8)6-2-1-5-11-6/h1-5,7H. The van der Waals surface area contributed by atoms with Crippen molar-refractivity contribution in [3.05, 3.63) is 34.5 Å². The topological polar surface area (TPSA) is 0 Å². The van der Waals surface area contributed by atoms with E-state index < -0.39 is 0 Å². The van der Waals surface area contributed by atoms with Gasteiger partial charge in [0.2, 0.25) is 0 Å². The second-order valence-electron chi connectivity index (χ2n) is 2.47. The largest absolute Gasteiger partial charge is 0.147 e. The van der Waals surface area contributed by atoms with Gasteiger partial charge >= 0.3 is 0 Å². The highest BCUT2D eigenvalue weighted by molar-refractivity contribution is 9.28. The van der Waals surface area contributed by atoms with Gasteiger partial charge in [-0.1, -0.05) is 44.0 Å². The number of thioether (sulfide) groups is 1. The van der Waals surface area contributed by atoms with Gasteiger partial charge in [-0.15, -0.1) is 23.1 Å². The molecule has 1 atom stereocenters. The SMILES string of the molecule is BrC1(Br)C=CC(c2cccs2)S1. The molecule has 0 nitrogen and oxygen atoms in total. The van der Waals surface area contributed by atoms with Crippen LogP contribution in [0.1, 0.15) is 10.1 Å². The third kappa shape index (κ3) is 1.97. The second-order valence-corrected chi connectivity index (χ2v) is 9.46. The lowest BCUT2D eigenvalue weighted by atomic mass is 10.3. The minimum absolute atomic E-state index is 0.0470. The molecule has 1 aliphatic heterocycles. The smallest absolute Gasteiger partial charge is 0.144 e. The molecule has 1 unspecified atom stereocenters. The predicted molar refractivity (Wildman–Crippen MR) is 64.4 cm³/mol. The summed E-state index contributed by atoms with van der Waals surface area (Å²) in [6, 6.07) is 4.27. The summed E-state index contributed by atoms with van der Waals surface area (Å²) < 4.78 is -0.0470. The Bertz CT molecular complexity index is 290. The fourth-order valence-corrected chi connectivity index (χ4v) is 4.41. The average molecular weight is 326 g/mol. The van der Waals surface area contributed by atoms with Crippen LogP contribution in [-0.4, -0.2) is 2.57 Å². The molecule has 0 amide bonds. The fourth-order valence-electron chi connectivity index (χ4n) is 1.05. The van der Waals surface area contributed by atoms with Crippen molar-refractivity contribution in [3.8, 4) is 0 Å². The molecule has 0 fully saturated rings. The van der Waals surface area contributed by atoms with E-state index in [1.54, 1.807) is 0 Å². The highest BCUT2D eigenvalue weighted by atomic mass is 79.9. The summed E-state index contributed by atoms with van der Waals surface area (Å²) in [6.45, 7) is 0. The van der Waals surface area contributed by atoms with Crippen LogP contribution in [0.3, 0.4) is 0 Å². The van der Waals surface area contributed by atoms with Crippen molar-refractivity contribution >= 4 is 55.0 Å². The number of hydrogen-bond acceptors (Lipinski definition) is 2. The Labute approximate surface area is 96.7 Å². The molecule has 0 spiro atoms. The Balaban J connectivity index is 2.17. The predicted octanol–water partition coefficient (Wildman–Crippen LogP) is 4.54. The second kappa shape index (κ2) is 3.48. The number of halogens is 2. The fraction of sp³-hybridized carbons (Fsp3) is 0.250. The lowest BCUT2D eigenvalue weighted by Gasteiger charge is -2.11. The van der Waals surface area contributed by atoms with E-state index in [1.807, 2.05) is 23.1 Å². The van der Waals surface area contributed by atoms with Crippen LogP contribution in [0.25, 0.3) is 0 Å². The molecule has 0 saturated carbocycles.